The third-order valence-corrected chi connectivity index (χ3v) is 6.51. The molecule has 3 N–H and O–H groups in total. The van der Waals surface area contributed by atoms with Crippen LogP contribution in [0.3, 0.4) is 0 Å². The zero-order valence-corrected chi connectivity index (χ0v) is 17.7. The van der Waals surface area contributed by atoms with Crippen molar-refractivity contribution in [3.8, 4) is 12.3 Å². The summed E-state index contributed by atoms with van der Waals surface area (Å²) < 4.78 is 5.75. The monoisotopic (exact) mass is 456 g/mol. The topological polar surface area (TPSA) is 108 Å². The number of nitrogens with one attached hydrogen (secondary N) is 2. The minimum atomic E-state index is -1.02. The van der Waals surface area contributed by atoms with Gasteiger partial charge in [0.1, 0.15) is 17.2 Å². The molecule has 0 radical (unpaired) electrons. The fourth-order valence-electron chi connectivity index (χ4n) is 3.06. The van der Waals surface area contributed by atoms with Crippen LogP contribution in [-0.4, -0.2) is 58.8 Å². The van der Waals surface area contributed by atoms with Gasteiger partial charge in [-0.2, -0.15) is 0 Å². The van der Waals surface area contributed by atoms with Gasteiger partial charge in [0.15, 0.2) is 5.13 Å². The summed E-state index contributed by atoms with van der Waals surface area (Å²) in [5, 5.41) is 13.1. The van der Waals surface area contributed by atoms with Crippen molar-refractivity contribution in [1.82, 2.24) is 15.3 Å². The van der Waals surface area contributed by atoms with Crippen molar-refractivity contribution in [2.75, 3.05) is 24.6 Å². The molecule has 2 aromatic rings. The van der Waals surface area contributed by atoms with Gasteiger partial charge in [-0.15, -0.1) is 6.42 Å². The first-order valence-corrected chi connectivity index (χ1v) is 10.2. The van der Waals surface area contributed by atoms with Crippen LogP contribution in [0.1, 0.15) is 32.3 Å². The van der Waals surface area contributed by atoms with E-state index in [2.05, 4.69) is 21.2 Å². The SMILES string of the molecule is C#CCOC1CN(c2ncc(C(=O)O)s2)CCC1NC(=O)c1[nH]c(C)c(Cl)c1Cl. The van der Waals surface area contributed by atoms with Crippen LogP contribution in [0.4, 0.5) is 5.13 Å². The summed E-state index contributed by atoms with van der Waals surface area (Å²) in [6.07, 6.45) is 6.78. The minimum absolute atomic E-state index is 0.0807. The maximum Gasteiger partial charge on any atom is 0.347 e. The maximum atomic E-state index is 12.7. The number of piperidine rings is 1. The number of carboxylic acids is 1. The van der Waals surface area contributed by atoms with Gasteiger partial charge in [-0.3, -0.25) is 4.79 Å². The zero-order chi connectivity index (χ0) is 21.1. The second-order valence-corrected chi connectivity index (χ2v) is 8.20. The number of nitrogens with zero attached hydrogens (tertiary/aromatic N) is 2. The number of rotatable bonds is 6. The summed E-state index contributed by atoms with van der Waals surface area (Å²) in [7, 11) is 0. The predicted molar refractivity (Wildman–Crippen MR) is 111 cm³/mol. The molecule has 0 spiro atoms. The van der Waals surface area contributed by atoms with Gasteiger partial charge in [0.05, 0.1) is 28.4 Å². The Morgan fingerprint density at radius 3 is 2.86 bits per heavy atom. The lowest BCUT2D eigenvalue weighted by atomic mass is 10.0. The first-order chi connectivity index (χ1) is 13.8. The Morgan fingerprint density at radius 2 is 2.28 bits per heavy atom. The second kappa shape index (κ2) is 9.05. The summed E-state index contributed by atoms with van der Waals surface area (Å²) in [6, 6.07) is -0.315. The lowest BCUT2D eigenvalue weighted by molar-refractivity contribution is 0.0380. The Hall–Kier alpha value is -2.25. The number of halogens is 2. The van der Waals surface area contributed by atoms with E-state index in [9.17, 15) is 9.59 Å². The molecule has 8 nitrogen and oxygen atoms in total. The number of hydrogen-bond donors (Lipinski definition) is 3. The first kappa shape index (κ1) is 21.5. The van der Waals surface area contributed by atoms with Crippen LogP contribution >= 0.6 is 34.5 Å². The molecule has 1 saturated heterocycles. The van der Waals surface area contributed by atoms with Crippen molar-refractivity contribution in [2.24, 2.45) is 0 Å². The Bertz CT molecular complexity index is 968. The van der Waals surface area contributed by atoms with Gasteiger partial charge < -0.3 is 25.0 Å². The Morgan fingerprint density at radius 1 is 1.52 bits per heavy atom. The van der Waals surface area contributed by atoms with Crippen molar-refractivity contribution in [3.63, 3.8) is 0 Å². The van der Waals surface area contributed by atoms with Gasteiger partial charge in [0.25, 0.3) is 5.91 Å². The van der Waals surface area contributed by atoms with Crippen molar-refractivity contribution >= 4 is 51.5 Å². The summed E-state index contributed by atoms with van der Waals surface area (Å²) in [5.74, 6) is 1.02. The molecule has 3 rings (SSSR count). The van der Waals surface area contributed by atoms with Crippen molar-refractivity contribution in [1.29, 1.82) is 0 Å². The van der Waals surface area contributed by atoms with Crippen LogP contribution in [0, 0.1) is 19.3 Å². The molecule has 3 heterocycles. The summed E-state index contributed by atoms with van der Waals surface area (Å²) in [6.45, 7) is 2.77. The maximum absolute atomic E-state index is 12.7. The predicted octanol–water partition coefficient (Wildman–Crippen LogP) is 2.81. The van der Waals surface area contributed by atoms with Crippen molar-refractivity contribution < 1.29 is 19.4 Å². The zero-order valence-electron chi connectivity index (χ0n) is 15.4. The number of aromatic nitrogens is 2. The molecule has 1 amide bonds. The van der Waals surface area contributed by atoms with Gasteiger partial charge in [0, 0.05) is 18.8 Å². The standard InChI is InChI=1S/C18H18Cl2N4O4S/c1-3-6-28-11-8-24(18-21-7-12(29-18)17(26)27)5-4-10(11)23-16(25)15-14(20)13(19)9(2)22-15/h1,7,10-11,22H,4-6,8H2,2H3,(H,23,25)(H,26,27). The normalized spacial score (nSPS) is 19.0. The number of carbonyl (C=O) groups excluding carboxylic acids is 1. The number of anilines is 1. The lowest BCUT2D eigenvalue weighted by Crippen LogP contribution is -2.55. The number of hydrogen-bond acceptors (Lipinski definition) is 6. The number of carboxylic acid groups (broad SMARTS) is 1. The van der Waals surface area contributed by atoms with E-state index in [1.165, 1.54) is 6.20 Å². The minimum Gasteiger partial charge on any atom is -0.477 e. The summed E-state index contributed by atoms with van der Waals surface area (Å²) in [4.78, 5) is 32.9. The highest BCUT2D eigenvalue weighted by Crippen LogP contribution is 2.30. The Kier molecular flexibility index (Phi) is 6.70. The van der Waals surface area contributed by atoms with Crippen LogP contribution in [0.2, 0.25) is 10.0 Å². The molecule has 0 aromatic carbocycles. The van der Waals surface area contributed by atoms with E-state index in [-0.39, 0.29) is 34.1 Å². The highest BCUT2D eigenvalue weighted by atomic mass is 35.5. The van der Waals surface area contributed by atoms with E-state index in [1.54, 1.807) is 6.92 Å². The molecule has 1 aliphatic heterocycles. The third kappa shape index (κ3) is 4.67. The van der Waals surface area contributed by atoms with Gasteiger partial charge in [-0.05, 0) is 13.3 Å². The Labute approximate surface area is 181 Å². The molecule has 154 valence electrons. The number of thiazole rings is 1. The summed E-state index contributed by atoms with van der Waals surface area (Å²) in [5.41, 5.74) is 0.799. The average Bonchev–Trinajstić information content (AvgIpc) is 3.29. The number of H-pyrrole nitrogens is 1. The Balaban J connectivity index is 1.73. The van der Waals surface area contributed by atoms with Gasteiger partial charge >= 0.3 is 5.97 Å². The lowest BCUT2D eigenvalue weighted by Gasteiger charge is -2.38. The molecule has 0 aliphatic carbocycles. The molecular weight excluding hydrogens is 439 g/mol. The fourth-order valence-corrected chi connectivity index (χ4v) is 4.26. The molecule has 2 atom stereocenters. The largest absolute Gasteiger partial charge is 0.477 e. The summed E-state index contributed by atoms with van der Waals surface area (Å²) >= 11 is 13.3. The smallest absolute Gasteiger partial charge is 0.347 e. The van der Waals surface area contributed by atoms with Gasteiger partial charge in [-0.1, -0.05) is 40.5 Å². The number of aryl methyl sites for hydroxylation is 1. The van der Waals surface area contributed by atoms with Gasteiger partial charge in [0.2, 0.25) is 0 Å². The van der Waals surface area contributed by atoms with Crippen molar-refractivity contribution in [2.45, 2.75) is 25.5 Å². The molecule has 1 aliphatic rings. The number of aromatic amines is 1. The fraction of sp³-hybridized carbons (Fsp3) is 0.389. The number of amides is 1. The number of ether oxygens (including phenoxy) is 1. The van der Waals surface area contributed by atoms with Crippen LogP contribution in [0.25, 0.3) is 0 Å². The average molecular weight is 457 g/mol. The molecule has 11 heteroatoms. The molecule has 2 unspecified atom stereocenters. The number of aromatic carboxylic acids is 1. The van der Waals surface area contributed by atoms with Crippen molar-refractivity contribution in [3.05, 3.63) is 32.5 Å². The van der Waals surface area contributed by atoms with E-state index >= 15 is 0 Å². The van der Waals surface area contributed by atoms with E-state index in [1.807, 2.05) is 4.90 Å². The molecule has 1 fully saturated rings. The molecule has 29 heavy (non-hydrogen) atoms. The van der Waals surface area contributed by atoms with E-state index in [0.717, 1.165) is 11.3 Å². The first-order valence-electron chi connectivity index (χ1n) is 8.65. The highest BCUT2D eigenvalue weighted by Gasteiger charge is 2.33. The second-order valence-electron chi connectivity index (χ2n) is 6.43. The quantitative estimate of drug-likeness (QED) is 0.576. The van der Waals surface area contributed by atoms with Crippen LogP contribution < -0.4 is 10.2 Å². The van der Waals surface area contributed by atoms with E-state index in [0.29, 0.717) is 35.4 Å². The van der Waals surface area contributed by atoms with E-state index < -0.39 is 12.1 Å². The number of terminal acetylenes is 1. The molecule has 2 aromatic heterocycles. The molecule has 0 saturated carbocycles. The van der Waals surface area contributed by atoms with E-state index in [4.69, 9.17) is 39.5 Å². The molecule has 0 bridgehead atoms. The molecular formula is C18H18Cl2N4O4S. The third-order valence-electron chi connectivity index (χ3n) is 4.51. The number of carbonyl (C=O) groups is 2. The van der Waals surface area contributed by atoms with Crippen LogP contribution in [0.15, 0.2) is 6.20 Å². The van der Waals surface area contributed by atoms with Crippen LogP contribution in [-0.2, 0) is 4.74 Å². The van der Waals surface area contributed by atoms with Gasteiger partial charge in [-0.25, -0.2) is 9.78 Å². The van der Waals surface area contributed by atoms with Crippen LogP contribution in [0.5, 0.6) is 0 Å². The highest BCUT2D eigenvalue weighted by molar-refractivity contribution is 7.17.